The van der Waals surface area contributed by atoms with Crippen LogP contribution < -0.4 is 34.7 Å². The number of carbonyl (C=O) groups excluding carboxylic acids is 1. The molecule has 0 saturated heterocycles. The normalized spacial score (nSPS) is 7.62. The molecule has 0 unspecified atom stereocenters. The Labute approximate surface area is 73.8 Å². The van der Waals surface area contributed by atoms with Crippen molar-refractivity contribution in [1.82, 2.24) is 0 Å². The fourth-order valence-electron chi connectivity index (χ4n) is 0.227. The third kappa shape index (κ3) is 9.84. The van der Waals surface area contributed by atoms with Crippen LogP contribution in [0.25, 0.3) is 0 Å². The van der Waals surface area contributed by atoms with Gasteiger partial charge >= 0.3 is 29.6 Å². The second-order valence-corrected chi connectivity index (χ2v) is 2.43. The van der Waals surface area contributed by atoms with Gasteiger partial charge in [0.15, 0.2) is 0 Å². The van der Waals surface area contributed by atoms with Crippen LogP contribution in [0.5, 0.6) is 0 Å². The number of carbonyl (C=O) groups is 1. The van der Waals surface area contributed by atoms with Crippen molar-refractivity contribution in [2.24, 2.45) is 0 Å². The fraction of sp³-hybridized carbons (Fsp3) is 0.750. The van der Waals surface area contributed by atoms with Gasteiger partial charge in [0.1, 0.15) is 0 Å². The van der Waals surface area contributed by atoms with Crippen LogP contribution in [-0.2, 0) is 4.79 Å². The summed E-state index contributed by atoms with van der Waals surface area (Å²) in [4.78, 5) is 9.65. The molecule has 8 heavy (non-hydrogen) atoms. The molecule has 0 fully saturated rings. The minimum Gasteiger partial charge on any atom is -0.550 e. The third-order valence-electron chi connectivity index (χ3n) is 0.579. The summed E-state index contributed by atoms with van der Waals surface area (Å²) in [5, 5.41) is 9.65. The van der Waals surface area contributed by atoms with Gasteiger partial charge in [-0.1, -0.05) is 12.6 Å². The zero-order valence-corrected chi connectivity index (χ0v) is 8.23. The van der Waals surface area contributed by atoms with Gasteiger partial charge in [0.25, 0.3) is 0 Å². The molecule has 2 radical (unpaired) electrons. The van der Waals surface area contributed by atoms with Crippen molar-refractivity contribution in [1.29, 1.82) is 0 Å². The summed E-state index contributed by atoms with van der Waals surface area (Å²) in [6, 6.07) is 0.766. The molecule has 4 heteroatoms. The quantitative estimate of drug-likeness (QED) is 0.377. The summed E-state index contributed by atoms with van der Waals surface area (Å²) in [6.45, 7) is 1.98. The van der Waals surface area contributed by atoms with E-state index in [2.05, 4.69) is 0 Å². The van der Waals surface area contributed by atoms with Crippen molar-refractivity contribution in [2.45, 2.75) is 19.0 Å². The minimum atomic E-state index is -0.936. The Balaban J connectivity index is 0. The summed E-state index contributed by atoms with van der Waals surface area (Å²) in [6.07, 6.45) is 0.217. The van der Waals surface area contributed by atoms with Gasteiger partial charge in [-0.15, -0.1) is 0 Å². The largest absolute Gasteiger partial charge is 1.00 e. The van der Waals surface area contributed by atoms with E-state index in [1.165, 1.54) is 0 Å². The van der Waals surface area contributed by atoms with Gasteiger partial charge < -0.3 is 9.90 Å². The summed E-state index contributed by atoms with van der Waals surface area (Å²) in [5.74, 6) is -0.936. The summed E-state index contributed by atoms with van der Waals surface area (Å²) in [5.41, 5.74) is 0. The van der Waals surface area contributed by atoms with Gasteiger partial charge in [-0.3, -0.25) is 0 Å². The van der Waals surface area contributed by atoms with Crippen molar-refractivity contribution in [3.63, 3.8) is 0 Å². The molecule has 0 aliphatic heterocycles. The first-order valence-electron chi connectivity index (χ1n) is 2.12. The molecule has 0 aromatic rings. The van der Waals surface area contributed by atoms with Crippen LogP contribution in [0, 0.1) is 0 Å². The van der Waals surface area contributed by atoms with Gasteiger partial charge in [-0.05, 0) is 6.42 Å². The van der Waals surface area contributed by atoms with Crippen LogP contribution in [0.2, 0.25) is 12.6 Å². The van der Waals surface area contributed by atoms with Crippen LogP contribution in [0.3, 0.4) is 0 Å². The SMILES string of the molecule is C[Si]CCC(=O)[O-].[Na+]. The first-order chi connectivity index (χ1) is 3.27. The predicted octanol–water partition coefficient (Wildman–Crippen LogP) is -3.70. The molecular weight excluding hydrogens is 131 g/mol. The van der Waals surface area contributed by atoms with E-state index in [9.17, 15) is 9.90 Å². The van der Waals surface area contributed by atoms with Crippen molar-refractivity contribution >= 4 is 15.5 Å². The maximum absolute atomic E-state index is 9.65. The summed E-state index contributed by atoms with van der Waals surface area (Å²) < 4.78 is 0. The smallest absolute Gasteiger partial charge is 0.550 e. The monoisotopic (exact) mass is 138 g/mol. The van der Waals surface area contributed by atoms with Gasteiger partial charge in [0.05, 0.1) is 0 Å². The molecule has 0 rings (SSSR count). The fourth-order valence-corrected chi connectivity index (χ4v) is 0.681. The molecule has 0 aliphatic rings. The Morgan fingerprint density at radius 2 is 2.25 bits per heavy atom. The summed E-state index contributed by atoms with van der Waals surface area (Å²) in [7, 11) is 0.730. The van der Waals surface area contributed by atoms with E-state index in [4.69, 9.17) is 0 Å². The van der Waals surface area contributed by atoms with E-state index in [1.54, 1.807) is 0 Å². The molecular formula is C4H7NaO2Si. The second-order valence-electron chi connectivity index (χ2n) is 1.23. The number of carboxylic acid groups (broad SMARTS) is 1. The average Bonchev–Trinajstić information content (AvgIpc) is 1.61. The van der Waals surface area contributed by atoms with Crippen molar-refractivity contribution in [3.05, 3.63) is 0 Å². The molecule has 0 aromatic carbocycles. The van der Waals surface area contributed by atoms with E-state index in [-0.39, 0.29) is 36.0 Å². The molecule has 0 aromatic heterocycles. The van der Waals surface area contributed by atoms with Crippen molar-refractivity contribution in [2.75, 3.05) is 0 Å². The van der Waals surface area contributed by atoms with E-state index in [0.29, 0.717) is 0 Å². The molecule has 0 bridgehead atoms. The van der Waals surface area contributed by atoms with Crippen molar-refractivity contribution < 1.29 is 39.5 Å². The first-order valence-corrected chi connectivity index (χ1v) is 3.82. The maximum atomic E-state index is 9.65. The molecule has 0 atom stereocenters. The van der Waals surface area contributed by atoms with Crippen LogP contribution >= 0.6 is 0 Å². The van der Waals surface area contributed by atoms with Gasteiger partial charge in [0, 0.05) is 15.5 Å². The Morgan fingerprint density at radius 1 is 1.75 bits per heavy atom. The van der Waals surface area contributed by atoms with E-state index < -0.39 is 5.97 Å². The molecule has 40 valence electrons. The van der Waals surface area contributed by atoms with Crippen LogP contribution in [0.4, 0.5) is 0 Å². The molecule has 0 spiro atoms. The Morgan fingerprint density at radius 3 is 2.38 bits per heavy atom. The van der Waals surface area contributed by atoms with Crippen LogP contribution in [0.15, 0.2) is 0 Å². The van der Waals surface area contributed by atoms with E-state index in [0.717, 1.165) is 15.6 Å². The molecule has 0 N–H and O–H groups in total. The first kappa shape index (κ1) is 11.5. The number of carboxylic acids is 1. The molecule has 0 heterocycles. The van der Waals surface area contributed by atoms with E-state index >= 15 is 0 Å². The Kier molecular flexibility index (Phi) is 11.0. The van der Waals surface area contributed by atoms with E-state index in [1.807, 2.05) is 6.55 Å². The Hall–Kier alpha value is 0.687. The van der Waals surface area contributed by atoms with Crippen LogP contribution in [-0.4, -0.2) is 15.5 Å². The molecule has 2 nitrogen and oxygen atoms in total. The number of hydrogen-bond donors (Lipinski definition) is 0. The summed E-state index contributed by atoms with van der Waals surface area (Å²) >= 11 is 0. The topological polar surface area (TPSA) is 40.1 Å². The number of rotatable bonds is 3. The van der Waals surface area contributed by atoms with Crippen LogP contribution in [0.1, 0.15) is 6.42 Å². The zero-order chi connectivity index (χ0) is 5.70. The Bertz CT molecular complexity index is 67.1. The molecule has 0 aliphatic carbocycles. The maximum Gasteiger partial charge on any atom is 1.00 e. The molecule has 0 amide bonds. The van der Waals surface area contributed by atoms with Gasteiger partial charge in [0.2, 0.25) is 0 Å². The van der Waals surface area contributed by atoms with Crippen molar-refractivity contribution in [3.8, 4) is 0 Å². The minimum absolute atomic E-state index is 0. The second kappa shape index (κ2) is 7.69. The predicted molar refractivity (Wildman–Crippen MR) is 26.0 cm³/mol. The average molecular weight is 138 g/mol. The standard InChI is InChI=1S/C4H8O2Si.Na/c1-7-3-2-4(5)6;/h2-3H2,1H3,(H,5,6);/q;+1/p-1. The van der Waals surface area contributed by atoms with Gasteiger partial charge in [-0.2, -0.15) is 0 Å². The third-order valence-corrected chi connectivity index (χ3v) is 1.33. The zero-order valence-electron chi connectivity index (χ0n) is 5.23. The number of aliphatic carboxylic acids is 1. The van der Waals surface area contributed by atoms with Gasteiger partial charge in [-0.25, -0.2) is 0 Å². The number of hydrogen-bond acceptors (Lipinski definition) is 2. The molecule has 0 saturated carbocycles.